The minimum absolute atomic E-state index is 0.314. The SMILES string of the molecule is CC(Nc1ccc(C(F)(F)F)nn1)(C(=O)O)C(F)(F)F. The number of nitrogens with zero attached hydrogens (tertiary/aromatic N) is 2. The van der Waals surface area contributed by atoms with Gasteiger partial charge in [-0.2, -0.15) is 26.3 Å². The number of anilines is 1. The van der Waals surface area contributed by atoms with Gasteiger partial charge in [0.15, 0.2) is 5.69 Å². The number of hydrogen-bond donors (Lipinski definition) is 2. The van der Waals surface area contributed by atoms with Crippen LogP contribution in [0.15, 0.2) is 12.1 Å². The van der Waals surface area contributed by atoms with E-state index in [1.807, 2.05) is 0 Å². The Kier molecular flexibility index (Phi) is 3.83. The summed E-state index contributed by atoms with van der Waals surface area (Å²) in [5, 5.41) is 15.7. The van der Waals surface area contributed by atoms with Gasteiger partial charge in [-0.1, -0.05) is 0 Å². The van der Waals surface area contributed by atoms with E-state index in [4.69, 9.17) is 5.11 Å². The lowest BCUT2D eigenvalue weighted by atomic mass is 10.0. The molecule has 5 nitrogen and oxygen atoms in total. The van der Waals surface area contributed by atoms with Crippen molar-refractivity contribution in [3.05, 3.63) is 17.8 Å². The number of carbonyl (C=O) groups is 1. The van der Waals surface area contributed by atoms with Gasteiger partial charge in [-0.15, -0.1) is 10.2 Å². The van der Waals surface area contributed by atoms with E-state index in [2.05, 4.69) is 10.2 Å². The second-order valence-corrected chi connectivity index (χ2v) is 3.85. The van der Waals surface area contributed by atoms with Gasteiger partial charge in [-0.3, -0.25) is 0 Å². The van der Waals surface area contributed by atoms with Crippen molar-refractivity contribution in [1.29, 1.82) is 0 Å². The molecule has 0 amide bonds. The minimum atomic E-state index is -5.19. The summed E-state index contributed by atoms with van der Waals surface area (Å²) in [4.78, 5) is 10.7. The van der Waals surface area contributed by atoms with Crippen LogP contribution in [0.2, 0.25) is 0 Å². The van der Waals surface area contributed by atoms with Crippen molar-refractivity contribution < 1.29 is 36.2 Å². The van der Waals surface area contributed by atoms with Gasteiger partial charge in [0, 0.05) is 0 Å². The van der Waals surface area contributed by atoms with Crippen LogP contribution in [0.25, 0.3) is 0 Å². The zero-order valence-corrected chi connectivity index (χ0v) is 9.67. The predicted octanol–water partition coefficient (Wildman–Crippen LogP) is 2.31. The van der Waals surface area contributed by atoms with E-state index >= 15 is 0 Å². The van der Waals surface area contributed by atoms with Crippen molar-refractivity contribution in [3.8, 4) is 0 Å². The molecule has 1 aromatic heterocycles. The summed E-state index contributed by atoms with van der Waals surface area (Å²) in [5.74, 6) is -3.01. The molecule has 0 aromatic carbocycles. The molecule has 11 heteroatoms. The van der Waals surface area contributed by atoms with Crippen molar-refractivity contribution in [1.82, 2.24) is 10.2 Å². The number of aromatic nitrogens is 2. The molecule has 0 saturated carbocycles. The Bertz CT molecular complexity index is 498. The summed E-state index contributed by atoms with van der Waals surface area (Å²) in [6.45, 7) is 0.314. The van der Waals surface area contributed by atoms with Gasteiger partial charge in [0.2, 0.25) is 5.54 Å². The van der Waals surface area contributed by atoms with Crippen LogP contribution in [-0.4, -0.2) is 33.0 Å². The summed E-state index contributed by atoms with van der Waals surface area (Å²) >= 11 is 0. The molecule has 0 bridgehead atoms. The second-order valence-electron chi connectivity index (χ2n) is 3.85. The van der Waals surface area contributed by atoms with Crippen molar-refractivity contribution in [2.45, 2.75) is 24.8 Å². The maximum absolute atomic E-state index is 12.6. The molecule has 0 spiro atoms. The Balaban J connectivity index is 3.06. The summed E-state index contributed by atoms with van der Waals surface area (Å²) in [7, 11) is 0. The fraction of sp³-hybridized carbons (Fsp3) is 0.444. The van der Waals surface area contributed by atoms with Crippen LogP contribution in [0.5, 0.6) is 0 Å². The molecule has 0 saturated heterocycles. The van der Waals surface area contributed by atoms with Gasteiger partial charge in [-0.05, 0) is 19.1 Å². The molecule has 1 atom stereocenters. The highest BCUT2D eigenvalue weighted by Crippen LogP contribution is 2.33. The zero-order chi connectivity index (χ0) is 15.8. The highest BCUT2D eigenvalue weighted by molar-refractivity contribution is 5.83. The van der Waals surface area contributed by atoms with Gasteiger partial charge in [0.05, 0.1) is 0 Å². The first-order valence-electron chi connectivity index (χ1n) is 4.87. The number of alkyl halides is 6. The topological polar surface area (TPSA) is 75.1 Å². The van der Waals surface area contributed by atoms with E-state index in [0.29, 0.717) is 19.1 Å². The first-order chi connectivity index (χ1) is 8.88. The van der Waals surface area contributed by atoms with Gasteiger partial charge in [0.25, 0.3) is 0 Å². The molecule has 0 fully saturated rings. The van der Waals surface area contributed by atoms with E-state index < -0.39 is 35.4 Å². The van der Waals surface area contributed by atoms with E-state index in [0.717, 1.165) is 0 Å². The van der Waals surface area contributed by atoms with Crippen LogP contribution in [-0.2, 0) is 11.0 Å². The van der Waals surface area contributed by atoms with Crippen LogP contribution in [0, 0.1) is 0 Å². The lowest BCUT2D eigenvalue weighted by Crippen LogP contribution is -2.55. The predicted molar refractivity (Wildman–Crippen MR) is 52.8 cm³/mol. The highest BCUT2D eigenvalue weighted by Gasteiger charge is 2.58. The molecule has 0 aliphatic carbocycles. The number of carboxylic acid groups (broad SMARTS) is 1. The standard InChI is InChI=1S/C9H7F6N3O2/c1-7(6(19)20,9(13,14)15)16-5-3-2-4(17-18-5)8(10,11)12/h2-3H,1H3,(H,16,18)(H,19,20). The second kappa shape index (κ2) is 4.80. The highest BCUT2D eigenvalue weighted by atomic mass is 19.4. The molecular weight excluding hydrogens is 296 g/mol. The largest absolute Gasteiger partial charge is 0.479 e. The van der Waals surface area contributed by atoms with Crippen LogP contribution in [0.3, 0.4) is 0 Å². The normalized spacial score (nSPS) is 15.6. The molecule has 0 aliphatic rings. The molecule has 1 unspecified atom stereocenters. The molecule has 1 heterocycles. The third-order valence-corrected chi connectivity index (χ3v) is 2.33. The van der Waals surface area contributed by atoms with Crippen molar-refractivity contribution in [2.75, 3.05) is 5.32 Å². The lowest BCUT2D eigenvalue weighted by Gasteiger charge is -2.28. The number of halogens is 6. The Hall–Kier alpha value is -2.07. The smallest absolute Gasteiger partial charge is 0.435 e. The number of aliphatic carboxylic acids is 1. The molecule has 112 valence electrons. The molecular formula is C9H7F6N3O2. The first-order valence-corrected chi connectivity index (χ1v) is 4.87. The Morgan fingerprint density at radius 3 is 2.00 bits per heavy atom. The quantitative estimate of drug-likeness (QED) is 0.838. The monoisotopic (exact) mass is 303 g/mol. The fourth-order valence-electron chi connectivity index (χ4n) is 1.05. The van der Waals surface area contributed by atoms with E-state index in [1.165, 1.54) is 5.32 Å². The van der Waals surface area contributed by atoms with Gasteiger partial charge >= 0.3 is 18.3 Å². The Labute approximate surface area is 107 Å². The molecule has 1 rings (SSSR count). The summed E-state index contributed by atoms with van der Waals surface area (Å²) in [5.41, 5.74) is -4.81. The number of carboxylic acids is 1. The molecule has 20 heavy (non-hydrogen) atoms. The lowest BCUT2D eigenvalue weighted by molar-refractivity contribution is -0.193. The van der Waals surface area contributed by atoms with Crippen LogP contribution >= 0.6 is 0 Å². The van der Waals surface area contributed by atoms with E-state index in [9.17, 15) is 31.1 Å². The third kappa shape index (κ3) is 3.08. The van der Waals surface area contributed by atoms with E-state index in [-0.39, 0.29) is 0 Å². The maximum Gasteiger partial charge on any atom is 0.435 e. The average Bonchev–Trinajstić information content (AvgIpc) is 2.26. The summed E-state index contributed by atoms with van der Waals surface area (Å²) in [6, 6.07) is 0.941. The van der Waals surface area contributed by atoms with Gasteiger partial charge in [-0.25, -0.2) is 4.79 Å². The van der Waals surface area contributed by atoms with Crippen molar-refractivity contribution >= 4 is 11.8 Å². The van der Waals surface area contributed by atoms with Crippen molar-refractivity contribution in [3.63, 3.8) is 0 Å². The van der Waals surface area contributed by atoms with Gasteiger partial charge in [0.1, 0.15) is 5.82 Å². The Morgan fingerprint density at radius 1 is 1.15 bits per heavy atom. The fourth-order valence-corrected chi connectivity index (χ4v) is 1.05. The molecule has 0 radical (unpaired) electrons. The molecule has 0 aliphatic heterocycles. The zero-order valence-electron chi connectivity index (χ0n) is 9.67. The minimum Gasteiger partial charge on any atom is -0.479 e. The number of hydrogen-bond acceptors (Lipinski definition) is 4. The maximum atomic E-state index is 12.6. The molecule has 1 aromatic rings. The Morgan fingerprint density at radius 2 is 1.70 bits per heavy atom. The third-order valence-electron chi connectivity index (χ3n) is 2.33. The van der Waals surface area contributed by atoms with Crippen LogP contribution in [0.1, 0.15) is 12.6 Å². The van der Waals surface area contributed by atoms with Crippen molar-refractivity contribution in [2.24, 2.45) is 0 Å². The number of rotatable bonds is 3. The number of nitrogens with one attached hydrogen (secondary N) is 1. The molecule has 2 N–H and O–H groups in total. The summed E-state index contributed by atoms with van der Waals surface area (Å²) in [6.07, 6.45) is -9.99. The first kappa shape index (κ1) is 16.0. The average molecular weight is 303 g/mol. The van der Waals surface area contributed by atoms with Crippen LogP contribution in [0.4, 0.5) is 32.2 Å². The van der Waals surface area contributed by atoms with E-state index in [1.54, 1.807) is 0 Å². The van der Waals surface area contributed by atoms with Crippen LogP contribution < -0.4 is 5.32 Å². The summed E-state index contributed by atoms with van der Waals surface area (Å²) < 4.78 is 74.4. The van der Waals surface area contributed by atoms with Gasteiger partial charge < -0.3 is 10.4 Å².